The standard InChI is InChI=1S/C27H34N2O4S/c1-2-3-4-5-6-7-8-9-10-11-12-13-14-15-23-22-25(30)18-21-27(23)29-28-24-16-19-26(20-17-24)34(31,32)33/h2,4-7,16-22,30H,1,3,8-15H2,(H,31,32,33)/b5-4+,7-6+,29-28+. The smallest absolute Gasteiger partial charge is 0.294 e. The molecule has 2 aromatic rings. The molecule has 0 spiro atoms. The Hall–Kier alpha value is -3.03. The number of rotatable bonds is 15. The molecule has 0 aliphatic heterocycles. The van der Waals surface area contributed by atoms with E-state index in [-0.39, 0.29) is 10.6 Å². The van der Waals surface area contributed by atoms with Gasteiger partial charge in [0.05, 0.1) is 16.3 Å². The molecule has 2 rings (SSSR count). The third-order valence-corrected chi connectivity index (χ3v) is 6.09. The molecule has 0 saturated carbocycles. The topological polar surface area (TPSA) is 99.3 Å². The molecule has 0 atom stereocenters. The lowest BCUT2D eigenvalue weighted by molar-refractivity contribution is 0.474. The fraction of sp³-hybridized carbons (Fsp3) is 0.333. The largest absolute Gasteiger partial charge is 0.508 e. The Morgan fingerprint density at radius 1 is 0.853 bits per heavy atom. The Morgan fingerprint density at radius 3 is 2.24 bits per heavy atom. The summed E-state index contributed by atoms with van der Waals surface area (Å²) in [7, 11) is -4.23. The summed E-state index contributed by atoms with van der Waals surface area (Å²) >= 11 is 0. The number of allylic oxidation sites excluding steroid dienone is 5. The molecule has 0 radical (unpaired) electrons. The molecule has 0 amide bonds. The van der Waals surface area contributed by atoms with Crippen LogP contribution in [-0.2, 0) is 16.5 Å². The summed E-state index contributed by atoms with van der Waals surface area (Å²) in [4.78, 5) is -0.190. The zero-order valence-electron chi connectivity index (χ0n) is 19.5. The molecule has 0 fully saturated rings. The molecule has 182 valence electrons. The molecule has 0 aliphatic rings. The molecule has 6 nitrogen and oxygen atoms in total. The molecule has 7 heteroatoms. The molecular weight excluding hydrogens is 448 g/mol. The van der Waals surface area contributed by atoms with Gasteiger partial charge in [-0.1, -0.05) is 56.1 Å². The van der Waals surface area contributed by atoms with Crippen molar-refractivity contribution in [1.82, 2.24) is 0 Å². The number of nitrogens with zero attached hydrogens (tertiary/aromatic N) is 2. The van der Waals surface area contributed by atoms with E-state index in [1.807, 2.05) is 6.08 Å². The fourth-order valence-electron chi connectivity index (χ4n) is 3.38. The molecule has 34 heavy (non-hydrogen) atoms. The summed E-state index contributed by atoms with van der Waals surface area (Å²) in [5.74, 6) is 0.193. The van der Waals surface area contributed by atoms with Crippen LogP contribution in [0.15, 0.2) is 94.5 Å². The Kier molecular flexibility index (Phi) is 12.0. The van der Waals surface area contributed by atoms with Gasteiger partial charge in [0.15, 0.2) is 0 Å². The van der Waals surface area contributed by atoms with Gasteiger partial charge >= 0.3 is 0 Å². The highest BCUT2D eigenvalue weighted by atomic mass is 32.2. The van der Waals surface area contributed by atoms with Crippen molar-refractivity contribution in [2.24, 2.45) is 10.2 Å². The number of aromatic hydroxyl groups is 1. The van der Waals surface area contributed by atoms with Gasteiger partial charge in [-0.2, -0.15) is 18.6 Å². The minimum Gasteiger partial charge on any atom is -0.508 e. The van der Waals surface area contributed by atoms with Gasteiger partial charge in [-0.25, -0.2) is 0 Å². The van der Waals surface area contributed by atoms with Crippen LogP contribution >= 0.6 is 0 Å². The Labute approximate surface area is 203 Å². The first kappa shape index (κ1) is 27.2. The molecule has 0 unspecified atom stereocenters. The van der Waals surface area contributed by atoms with Crippen LogP contribution < -0.4 is 0 Å². The third kappa shape index (κ3) is 10.7. The molecule has 0 heterocycles. The number of phenolic OH excluding ortho intramolecular Hbond substituents is 1. The average Bonchev–Trinajstić information content (AvgIpc) is 2.81. The number of aryl methyl sites for hydroxylation is 1. The summed E-state index contributed by atoms with van der Waals surface area (Å²) in [6, 6.07) is 10.5. The summed E-state index contributed by atoms with van der Waals surface area (Å²) in [6.45, 7) is 3.69. The Balaban J connectivity index is 1.75. The van der Waals surface area contributed by atoms with Gasteiger partial charge in [-0.3, -0.25) is 4.55 Å². The summed E-state index contributed by atoms with van der Waals surface area (Å²) in [5, 5.41) is 18.3. The van der Waals surface area contributed by atoms with Crippen molar-refractivity contribution < 1.29 is 18.1 Å². The lowest BCUT2D eigenvalue weighted by atomic mass is 10.0. The van der Waals surface area contributed by atoms with Crippen LogP contribution in [0.1, 0.15) is 56.9 Å². The van der Waals surface area contributed by atoms with E-state index in [2.05, 4.69) is 41.1 Å². The predicted octanol–water partition coefficient (Wildman–Crippen LogP) is 8.02. The average molecular weight is 483 g/mol. The number of hydrogen-bond acceptors (Lipinski definition) is 5. The predicted molar refractivity (Wildman–Crippen MR) is 138 cm³/mol. The van der Waals surface area contributed by atoms with Crippen molar-refractivity contribution in [3.05, 3.63) is 85.0 Å². The van der Waals surface area contributed by atoms with Crippen molar-refractivity contribution in [2.75, 3.05) is 0 Å². The van der Waals surface area contributed by atoms with E-state index < -0.39 is 10.1 Å². The summed E-state index contributed by atoms with van der Waals surface area (Å²) < 4.78 is 31.3. The molecular formula is C27H34N2O4S. The van der Waals surface area contributed by atoms with Crippen LogP contribution in [0, 0.1) is 0 Å². The maximum absolute atomic E-state index is 11.1. The molecule has 2 aromatic carbocycles. The van der Waals surface area contributed by atoms with Gasteiger partial charge in [-0.05, 0) is 80.1 Å². The zero-order valence-corrected chi connectivity index (χ0v) is 20.3. The summed E-state index contributed by atoms with van der Waals surface area (Å²) in [5.41, 5.74) is 2.06. The van der Waals surface area contributed by atoms with Crippen molar-refractivity contribution in [2.45, 2.75) is 62.7 Å². The number of hydrogen-bond donors (Lipinski definition) is 2. The Bertz CT molecular complexity index is 1090. The van der Waals surface area contributed by atoms with Gasteiger partial charge in [0.25, 0.3) is 10.1 Å². The first-order valence-corrected chi connectivity index (χ1v) is 13.1. The lowest BCUT2D eigenvalue weighted by Crippen LogP contribution is -1.96. The monoisotopic (exact) mass is 482 g/mol. The van der Waals surface area contributed by atoms with Crippen LogP contribution in [-0.4, -0.2) is 18.1 Å². The second kappa shape index (κ2) is 15.0. The van der Waals surface area contributed by atoms with Crippen molar-refractivity contribution in [3.63, 3.8) is 0 Å². The SMILES string of the molecule is C=CC/C=C/C=C/CCCCCCCCc1cc(O)ccc1/N=N/c1ccc(S(=O)(=O)O)cc1. The normalized spacial score (nSPS) is 12.3. The minimum atomic E-state index is -4.23. The maximum Gasteiger partial charge on any atom is 0.294 e. The van der Waals surface area contributed by atoms with Crippen molar-refractivity contribution in [1.29, 1.82) is 0 Å². The van der Waals surface area contributed by atoms with Crippen molar-refractivity contribution in [3.8, 4) is 5.75 Å². The van der Waals surface area contributed by atoms with Crippen LogP contribution in [0.5, 0.6) is 5.75 Å². The van der Waals surface area contributed by atoms with Gasteiger partial charge in [0, 0.05) is 0 Å². The highest BCUT2D eigenvalue weighted by molar-refractivity contribution is 7.85. The second-order valence-electron chi connectivity index (χ2n) is 8.02. The number of benzene rings is 2. The van der Waals surface area contributed by atoms with Crippen LogP contribution in [0.2, 0.25) is 0 Å². The molecule has 0 saturated heterocycles. The molecule has 0 aromatic heterocycles. The first-order valence-electron chi connectivity index (χ1n) is 11.6. The first-order chi connectivity index (χ1) is 16.4. The number of phenols is 1. The maximum atomic E-state index is 11.1. The molecule has 0 bridgehead atoms. The molecule has 2 N–H and O–H groups in total. The van der Waals surface area contributed by atoms with Gasteiger partial charge in [-0.15, -0.1) is 6.58 Å². The highest BCUT2D eigenvalue weighted by Gasteiger charge is 2.08. The van der Waals surface area contributed by atoms with E-state index in [0.29, 0.717) is 11.4 Å². The van der Waals surface area contributed by atoms with Crippen LogP contribution in [0.25, 0.3) is 0 Å². The van der Waals surface area contributed by atoms with Crippen molar-refractivity contribution >= 4 is 21.5 Å². The highest BCUT2D eigenvalue weighted by Crippen LogP contribution is 2.28. The number of unbranched alkanes of at least 4 members (excludes halogenated alkanes) is 6. The van der Waals surface area contributed by atoms with Crippen LogP contribution in [0.3, 0.4) is 0 Å². The Morgan fingerprint density at radius 2 is 1.53 bits per heavy atom. The number of azo groups is 1. The van der Waals surface area contributed by atoms with Gasteiger partial charge < -0.3 is 5.11 Å². The van der Waals surface area contributed by atoms with E-state index in [4.69, 9.17) is 4.55 Å². The molecule has 0 aliphatic carbocycles. The van der Waals surface area contributed by atoms with E-state index >= 15 is 0 Å². The lowest BCUT2D eigenvalue weighted by Gasteiger charge is -2.06. The van der Waals surface area contributed by atoms with Crippen LogP contribution in [0.4, 0.5) is 11.4 Å². The van der Waals surface area contributed by atoms with Gasteiger partial charge in [0.1, 0.15) is 5.75 Å². The summed E-state index contributed by atoms with van der Waals surface area (Å²) in [6.07, 6.45) is 20.1. The zero-order chi connectivity index (χ0) is 24.7. The third-order valence-electron chi connectivity index (χ3n) is 5.22. The fourth-order valence-corrected chi connectivity index (χ4v) is 3.86. The second-order valence-corrected chi connectivity index (χ2v) is 9.44. The van der Waals surface area contributed by atoms with E-state index in [9.17, 15) is 13.5 Å². The quantitative estimate of drug-likeness (QED) is 0.0882. The van der Waals surface area contributed by atoms with E-state index in [1.54, 1.807) is 18.2 Å². The van der Waals surface area contributed by atoms with E-state index in [0.717, 1.165) is 37.7 Å². The minimum absolute atomic E-state index is 0.190. The van der Waals surface area contributed by atoms with Gasteiger partial charge in [0.2, 0.25) is 0 Å². The van der Waals surface area contributed by atoms with E-state index in [1.165, 1.54) is 49.9 Å².